The average molecular weight is 300 g/mol. The summed E-state index contributed by atoms with van der Waals surface area (Å²) >= 11 is 0. The van der Waals surface area contributed by atoms with Gasteiger partial charge in [-0.25, -0.2) is 0 Å². The Morgan fingerprint density at radius 2 is 1.90 bits per heavy atom. The third-order valence-electron chi connectivity index (χ3n) is 2.81. The number of carbonyl (C=O) groups is 2. The second-order valence-electron chi connectivity index (χ2n) is 4.60. The summed E-state index contributed by atoms with van der Waals surface area (Å²) in [6.45, 7) is 2.75. The molecule has 3 N–H and O–H groups in total. The van der Waals surface area contributed by atoms with Gasteiger partial charge >= 0.3 is 0 Å². The van der Waals surface area contributed by atoms with Gasteiger partial charge in [-0.05, 0) is 12.6 Å². The van der Waals surface area contributed by atoms with Crippen LogP contribution in [0.15, 0.2) is 30.3 Å². The number of benzene rings is 1. The Balaban J connectivity index is 0.00000361. The van der Waals surface area contributed by atoms with E-state index in [-0.39, 0.29) is 30.8 Å². The van der Waals surface area contributed by atoms with Crippen molar-refractivity contribution in [1.82, 2.24) is 10.2 Å². The summed E-state index contributed by atoms with van der Waals surface area (Å²) in [7, 11) is 1.79. The monoisotopic (exact) mass is 299 g/mol. The lowest BCUT2D eigenvalue weighted by Crippen LogP contribution is -2.42. The molecule has 0 radical (unpaired) electrons. The molecule has 0 saturated heterocycles. The summed E-state index contributed by atoms with van der Waals surface area (Å²) < 4.78 is 0. The zero-order valence-electron chi connectivity index (χ0n) is 11.8. The van der Waals surface area contributed by atoms with Crippen LogP contribution in [0.1, 0.15) is 12.5 Å². The third-order valence-corrected chi connectivity index (χ3v) is 2.81. The second-order valence-corrected chi connectivity index (χ2v) is 4.60. The Morgan fingerprint density at radius 1 is 1.30 bits per heavy atom. The SMILES string of the molecule is CNCC(C)C(=O)N(CC(N)=O)Cc1ccccc1.Cl. The first-order valence-electron chi connectivity index (χ1n) is 6.30. The largest absolute Gasteiger partial charge is 0.368 e. The molecular weight excluding hydrogens is 278 g/mol. The van der Waals surface area contributed by atoms with Crippen LogP contribution in [-0.2, 0) is 16.1 Å². The van der Waals surface area contributed by atoms with Crippen molar-refractivity contribution < 1.29 is 9.59 Å². The molecule has 112 valence electrons. The summed E-state index contributed by atoms with van der Waals surface area (Å²) in [4.78, 5) is 24.8. The number of hydrogen-bond donors (Lipinski definition) is 2. The molecule has 5 nitrogen and oxygen atoms in total. The van der Waals surface area contributed by atoms with Crippen LogP contribution in [0.5, 0.6) is 0 Å². The Kier molecular flexibility index (Phi) is 8.59. The van der Waals surface area contributed by atoms with Gasteiger partial charge in [0.2, 0.25) is 11.8 Å². The fourth-order valence-electron chi connectivity index (χ4n) is 1.91. The number of nitrogens with one attached hydrogen (secondary N) is 1. The summed E-state index contributed by atoms with van der Waals surface area (Å²) in [5, 5.41) is 2.96. The van der Waals surface area contributed by atoms with E-state index in [1.54, 1.807) is 7.05 Å². The maximum Gasteiger partial charge on any atom is 0.237 e. The smallest absolute Gasteiger partial charge is 0.237 e. The van der Waals surface area contributed by atoms with Crippen molar-refractivity contribution in [3.63, 3.8) is 0 Å². The highest BCUT2D eigenvalue weighted by Crippen LogP contribution is 2.08. The number of carbonyl (C=O) groups excluding carboxylic acids is 2. The van der Waals surface area contributed by atoms with Crippen LogP contribution < -0.4 is 11.1 Å². The first-order valence-corrected chi connectivity index (χ1v) is 6.30. The van der Waals surface area contributed by atoms with E-state index in [1.807, 2.05) is 37.3 Å². The Morgan fingerprint density at radius 3 is 2.40 bits per heavy atom. The van der Waals surface area contributed by atoms with E-state index in [1.165, 1.54) is 4.90 Å². The van der Waals surface area contributed by atoms with Crippen LogP contribution in [0.2, 0.25) is 0 Å². The molecule has 6 heteroatoms. The van der Waals surface area contributed by atoms with Gasteiger partial charge in [-0.15, -0.1) is 12.4 Å². The highest BCUT2D eigenvalue weighted by molar-refractivity contribution is 5.85. The molecule has 0 saturated carbocycles. The molecule has 2 amide bonds. The van der Waals surface area contributed by atoms with Gasteiger partial charge in [-0.2, -0.15) is 0 Å². The first-order chi connectivity index (χ1) is 9.04. The van der Waals surface area contributed by atoms with Crippen LogP contribution in [-0.4, -0.2) is 36.9 Å². The quantitative estimate of drug-likeness (QED) is 0.781. The van der Waals surface area contributed by atoms with Crippen LogP contribution in [0.4, 0.5) is 0 Å². The van der Waals surface area contributed by atoms with Crippen molar-refractivity contribution in [2.24, 2.45) is 11.7 Å². The maximum absolute atomic E-state index is 12.3. The molecule has 1 aromatic rings. The molecule has 0 fully saturated rings. The lowest BCUT2D eigenvalue weighted by Gasteiger charge is -2.24. The number of halogens is 1. The van der Waals surface area contributed by atoms with Gasteiger partial charge in [0.1, 0.15) is 0 Å². The summed E-state index contributed by atoms with van der Waals surface area (Å²) in [5.41, 5.74) is 6.19. The van der Waals surface area contributed by atoms with E-state index in [9.17, 15) is 9.59 Å². The lowest BCUT2D eigenvalue weighted by atomic mass is 10.1. The van der Waals surface area contributed by atoms with E-state index in [2.05, 4.69) is 5.32 Å². The maximum atomic E-state index is 12.3. The molecule has 0 aliphatic rings. The van der Waals surface area contributed by atoms with Gasteiger partial charge in [-0.1, -0.05) is 37.3 Å². The Bertz CT molecular complexity index is 426. The standard InChI is InChI=1S/C14H21N3O2.ClH/c1-11(8-16-2)14(19)17(10-13(15)18)9-12-6-4-3-5-7-12;/h3-7,11,16H,8-10H2,1-2H3,(H2,15,18);1H. The van der Waals surface area contributed by atoms with Crippen LogP contribution >= 0.6 is 12.4 Å². The van der Waals surface area contributed by atoms with Crippen molar-refractivity contribution in [1.29, 1.82) is 0 Å². The highest BCUT2D eigenvalue weighted by atomic mass is 35.5. The molecule has 1 rings (SSSR count). The third kappa shape index (κ3) is 6.04. The minimum Gasteiger partial charge on any atom is -0.368 e. The van der Waals surface area contributed by atoms with Gasteiger partial charge in [0, 0.05) is 19.0 Å². The van der Waals surface area contributed by atoms with Crippen LogP contribution in [0.25, 0.3) is 0 Å². The minimum absolute atomic E-state index is 0. The number of amides is 2. The molecule has 1 unspecified atom stereocenters. The van der Waals surface area contributed by atoms with Gasteiger partial charge in [0.25, 0.3) is 0 Å². The molecule has 0 heterocycles. The van der Waals surface area contributed by atoms with E-state index in [0.717, 1.165) is 5.56 Å². The fourth-order valence-corrected chi connectivity index (χ4v) is 1.91. The summed E-state index contributed by atoms with van der Waals surface area (Å²) in [5.74, 6) is -0.758. The molecule has 0 aromatic heterocycles. The van der Waals surface area contributed by atoms with Crippen LogP contribution in [0.3, 0.4) is 0 Å². The van der Waals surface area contributed by atoms with Gasteiger partial charge in [0.15, 0.2) is 0 Å². The van der Waals surface area contributed by atoms with E-state index >= 15 is 0 Å². The van der Waals surface area contributed by atoms with Crippen molar-refractivity contribution in [3.05, 3.63) is 35.9 Å². The van der Waals surface area contributed by atoms with E-state index in [0.29, 0.717) is 13.1 Å². The van der Waals surface area contributed by atoms with E-state index < -0.39 is 5.91 Å². The fraction of sp³-hybridized carbons (Fsp3) is 0.429. The molecule has 1 aromatic carbocycles. The zero-order valence-corrected chi connectivity index (χ0v) is 12.7. The number of rotatable bonds is 7. The normalized spacial score (nSPS) is 11.3. The van der Waals surface area contributed by atoms with Crippen molar-refractivity contribution in [2.75, 3.05) is 20.1 Å². The Hall–Kier alpha value is -1.59. The molecule has 0 aliphatic heterocycles. The molecule has 0 spiro atoms. The van der Waals surface area contributed by atoms with Crippen molar-refractivity contribution in [3.8, 4) is 0 Å². The van der Waals surface area contributed by atoms with E-state index in [4.69, 9.17) is 5.73 Å². The molecule has 0 bridgehead atoms. The highest BCUT2D eigenvalue weighted by Gasteiger charge is 2.21. The number of primary amides is 1. The van der Waals surface area contributed by atoms with Crippen molar-refractivity contribution in [2.45, 2.75) is 13.5 Å². The number of nitrogens with two attached hydrogens (primary N) is 1. The topological polar surface area (TPSA) is 75.4 Å². The Labute approximate surface area is 125 Å². The second kappa shape index (κ2) is 9.34. The minimum atomic E-state index is -0.499. The van der Waals surface area contributed by atoms with Crippen LogP contribution in [0, 0.1) is 5.92 Å². The first kappa shape index (κ1) is 18.4. The average Bonchev–Trinajstić information content (AvgIpc) is 2.38. The molecule has 0 aliphatic carbocycles. The molecule has 20 heavy (non-hydrogen) atoms. The van der Waals surface area contributed by atoms with Crippen molar-refractivity contribution >= 4 is 24.2 Å². The predicted octanol–water partition coefficient (Wildman–Crippen LogP) is 0.778. The lowest BCUT2D eigenvalue weighted by molar-refractivity contribution is -0.138. The molecular formula is C14H22ClN3O2. The summed E-state index contributed by atoms with van der Waals surface area (Å²) in [6, 6.07) is 9.56. The van der Waals surface area contributed by atoms with Gasteiger partial charge in [-0.3, -0.25) is 9.59 Å². The van der Waals surface area contributed by atoms with Gasteiger partial charge in [0.05, 0.1) is 6.54 Å². The summed E-state index contributed by atoms with van der Waals surface area (Å²) in [6.07, 6.45) is 0. The predicted molar refractivity (Wildman–Crippen MR) is 81.4 cm³/mol. The molecule has 1 atom stereocenters. The number of hydrogen-bond acceptors (Lipinski definition) is 3. The zero-order chi connectivity index (χ0) is 14.3. The van der Waals surface area contributed by atoms with Gasteiger partial charge < -0.3 is 16.0 Å². The number of nitrogens with zero attached hydrogens (tertiary/aromatic N) is 1.